The molecule has 0 fully saturated rings. The van der Waals surface area contributed by atoms with E-state index < -0.39 is 6.10 Å². The zero-order valence-electron chi connectivity index (χ0n) is 10.5. The number of β-amino-alcohol motifs (C(OH)–C–C–N with tert-alkyl or cyclic N) is 1. The zero-order chi connectivity index (χ0) is 12.4. The molecule has 1 atom stereocenters. The molecule has 5 heteroatoms. The van der Waals surface area contributed by atoms with Crippen LogP contribution in [0, 0.1) is 0 Å². The Bertz CT molecular complexity index is 164. The van der Waals surface area contributed by atoms with Crippen molar-refractivity contribution in [3.05, 3.63) is 0 Å². The number of ether oxygens (including phenoxy) is 2. The van der Waals surface area contributed by atoms with Crippen molar-refractivity contribution in [3.8, 4) is 0 Å². The van der Waals surface area contributed by atoms with Crippen LogP contribution < -0.4 is 5.32 Å². The maximum atomic E-state index is 9.59. The van der Waals surface area contributed by atoms with Gasteiger partial charge >= 0.3 is 0 Å². The third kappa shape index (κ3) is 9.06. The lowest BCUT2D eigenvalue weighted by atomic mass is 10.0. The van der Waals surface area contributed by atoms with E-state index in [2.05, 4.69) is 5.32 Å². The number of aliphatic hydroxyl groups excluding tert-OH is 2. The number of aliphatic hydroxyl groups is 2. The lowest BCUT2D eigenvalue weighted by Crippen LogP contribution is -2.45. The van der Waals surface area contributed by atoms with Crippen molar-refractivity contribution in [1.82, 2.24) is 5.32 Å². The van der Waals surface area contributed by atoms with Crippen molar-refractivity contribution in [1.29, 1.82) is 0 Å². The van der Waals surface area contributed by atoms with Gasteiger partial charge in [-0.1, -0.05) is 0 Å². The second-order valence-electron chi connectivity index (χ2n) is 4.46. The van der Waals surface area contributed by atoms with Gasteiger partial charge in [-0.15, -0.1) is 0 Å². The Hall–Kier alpha value is -0.200. The molecule has 3 N–H and O–H groups in total. The largest absolute Gasteiger partial charge is 0.396 e. The first-order valence-electron chi connectivity index (χ1n) is 5.62. The van der Waals surface area contributed by atoms with Crippen molar-refractivity contribution in [3.63, 3.8) is 0 Å². The second-order valence-corrected chi connectivity index (χ2v) is 4.46. The lowest BCUT2D eigenvalue weighted by Gasteiger charge is -2.27. The molecule has 0 saturated carbocycles. The predicted molar refractivity (Wildman–Crippen MR) is 62.5 cm³/mol. The van der Waals surface area contributed by atoms with Crippen LogP contribution >= 0.6 is 0 Å². The first kappa shape index (κ1) is 15.8. The van der Waals surface area contributed by atoms with Gasteiger partial charge in [0.15, 0.2) is 0 Å². The normalized spacial score (nSPS) is 14.1. The highest BCUT2D eigenvalue weighted by molar-refractivity contribution is 4.78. The molecule has 0 aliphatic carbocycles. The van der Waals surface area contributed by atoms with E-state index in [1.165, 1.54) is 0 Å². The zero-order valence-corrected chi connectivity index (χ0v) is 10.5. The van der Waals surface area contributed by atoms with Gasteiger partial charge in [-0.2, -0.15) is 0 Å². The van der Waals surface area contributed by atoms with Crippen molar-refractivity contribution >= 4 is 0 Å². The van der Waals surface area contributed by atoms with E-state index in [0.717, 1.165) is 0 Å². The predicted octanol–water partition coefficient (Wildman–Crippen LogP) is -0.239. The average Bonchev–Trinajstić information content (AvgIpc) is 2.22. The van der Waals surface area contributed by atoms with Crippen molar-refractivity contribution in [2.45, 2.75) is 31.9 Å². The van der Waals surface area contributed by atoms with Crippen molar-refractivity contribution in [2.75, 3.05) is 40.1 Å². The lowest BCUT2D eigenvalue weighted by molar-refractivity contribution is 0.0110. The maximum absolute atomic E-state index is 9.59. The van der Waals surface area contributed by atoms with Crippen LogP contribution in [0.25, 0.3) is 0 Å². The molecular formula is C11H25NO4. The molecule has 0 spiro atoms. The van der Waals surface area contributed by atoms with Crippen LogP contribution in [-0.4, -0.2) is 61.9 Å². The van der Waals surface area contributed by atoms with Crippen LogP contribution in [0.4, 0.5) is 0 Å². The van der Waals surface area contributed by atoms with Gasteiger partial charge in [0.1, 0.15) is 0 Å². The molecular weight excluding hydrogens is 210 g/mol. The van der Waals surface area contributed by atoms with Crippen LogP contribution in [0.5, 0.6) is 0 Å². The molecule has 1 unspecified atom stereocenters. The summed E-state index contributed by atoms with van der Waals surface area (Å²) in [5.74, 6) is 0. The Morgan fingerprint density at radius 3 is 2.56 bits per heavy atom. The minimum atomic E-state index is -0.533. The number of rotatable bonds is 10. The second kappa shape index (κ2) is 8.90. The van der Waals surface area contributed by atoms with Gasteiger partial charge in [0, 0.05) is 25.8 Å². The van der Waals surface area contributed by atoms with E-state index in [1.54, 1.807) is 7.11 Å². The summed E-state index contributed by atoms with van der Waals surface area (Å²) in [7, 11) is 1.61. The Kier molecular flexibility index (Phi) is 8.78. The highest BCUT2D eigenvalue weighted by atomic mass is 16.5. The van der Waals surface area contributed by atoms with Crippen molar-refractivity contribution < 1.29 is 19.7 Å². The summed E-state index contributed by atoms with van der Waals surface area (Å²) in [5, 5.41) is 21.6. The van der Waals surface area contributed by atoms with Gasteiger partial charge in [0.2, 0.25) is 0 Å². The van der Waals surface area contributed by atoms with Crippen LogP contribution in [0.2, 0.25) is 0 Å². The quantitative estimate of drug-likeness (QED) is 0.456. The summed E-state index contributed by atoms with van der Waals surface area (Å²) < 4.78 is 10.0. The SMILES string of the molecule is COCCOCC(O)CNC(C)(C)CCO. The molecule has 16 heavy (non-hydrogen) atoms. The summed E-state index contributed by atoms with van der Waals surface area (Å²) >= 11 is 0. The third-order valence-electron chi connectivity index (χ3n) is 2.30. The molecule has 0 aliphatic heterocycles. The molecule has 5 nitrogen and oxygen atoms in total. The van der Waals surface area contributed by atoms with E-state index in [4.69, 9.17) is 14.6 Å². The summed E-state index contributed by atoms with van der Waals surface area (Å²) in [5.41, 5.74) is -0.164. The number of nitrogens with one attached hydrogen (secondary N) is 1. The average molecular weight is 235 g/mol. The molecule has 0 radical (unpaired) electrons. The summed E-state index contributed by atoms with van der Waals surface area (Å²) in [6, 6.07) is 0. The van der Waals surface area contributed by atoms with Crippen LogP contribution in [0.1, 0.15) is 20.3 Å². The number of hydrogen-bond donors (Lipinski definition) is 3. The summed E-state index contributed by atoms with van der Waals surface area (Å²) in [6.07, 6.45) is 0.124. The molecule has 0 amide bonds. The van der Waals surface area contributed by atoms with Crippen LogP contribution in [0.15, 0.2) is 0 Å². The van der Waals surface area contributed by atoms with Crippen LogP contribution in [0.3, 0.4) is 0 Å². The molecule has 0 bridgehead atoms. The van der Waals surface area contributed by atoms with Crippen molar-refractivity contribution in [2.24, 2.45) is 0 Å². The maximum Gasteiger partial charge on any atom is 0.0897 e. The molecule has 98 valence electrons. The van der Waals surface area contributed by atoms with Gasteiger partial charge in [-0.3, -0.25) is 0 Å². The number of hydrogen-bond acceptors (Lipinski definition) is 5. The van der Waals surface area contributed by atoms with E-state index in [-0.39, 0.29) is 12.1 Å². The van der Waals surface area contributed by atoms with E-state index >= 15 is 0 Å². The fourth-order valence-corrected chi connectivity index (χ4v) is 1.18. The molecule has 0 aromatic carbocycles. The topological polar surface area (TPSA) is 71.0 Å². The van der Waals surface area contributed by atoms with Crippen LogP contribution in [-0.2, 0) is 9.47 Å². The first-order chi connectivity index (χ1) is 7.52. The fraction of sp³-hybridized carbons (Fsp3) is 1.00. The highest BCUT2D eigenvalue weighted by Gasteiger charge is 2.17. The standard InChI is InChI=1S/C11H25NO4/c1-11(2,4-5-13)12-8-10(14)9-16-7-6-15-3/h10,12-14H,4-9H2,1-3H3. The number of methoxy groups -OCH3 is 1. The molecule has 0 aromatic rings. The minimum absolute atomic E-state index is 0.139. The summed E-state index contributed by atoms with van der Waals surface area (Å²) in [4.78, 5) is 0. The van der Waals surface area contributed by atoms with E-state index in [1.807, 2.05) is 13.8 Å². The van der Waals surface area contributed by atoms with Gasteiger partial charge in [0.25, 0.3) is 0 Å². The molecule has 0 heterocycles. The summed E-state index contributed by atoms with van der Waals surface area (Å²) in [6.45, 7) is 5.90. The van der Waals surface area contributed by atoms with Gasteiger partial charge < -0.3 is 25.0 Å². The third-order valence-corrected chi connectivity index (χ3v) is 2.30. The fourth-order valence-electron chi connectivity index (χ4n) is 1.18. The Morgan fingerprint density at radius 1 is 1.31 bits per heavy atom. The van der Waals surface area contributed by atoms with E-state index in [9.17, 15) is 5.11 Å². The van der Waals surface area contributed by atoms with Gasteiger partial charge in [-0.05, 0) is 20.3 Å². The van der Waals surface area contributed by atoms with Gasteiger partial charge in [-0.25, -0.2) is 0 Å². The smallest absolute Gasteiger partial charge is 0.0897 e. The first-order valence-corrected chi connectivity index (χ1v) is 5.62. The molecule has 0 aliphatic rings. The monoisotopic (exact) mass is 235 g/mol. The Balaban J connectivity index is 3.52. The minimum Gasteiger partial charge on any atom is -0.396 e. The highest BCUT2D eigenvalue weighted by Crippen LogP contribution is 2.06. The Morgan fingerprint density at radius 2 is 2.00 bits per heavy atom. The molecule has 0 saturated heterocycles. The molecule has 0 aromatic heterocycles. The van der Waals surface area contributed by atoms with E-state index in [0.29, 0.717) is 32.8 Å². The van der Waals surface area contributed by atoms with Gasteiger partial charge in [0.05, 0.1) is 25.9 Å². The molecule has 0 rings (SSSR count). The Labute approximate surface area is 97.8 Å².